The zero-order valence-corrected chi connectivity index (χ0v) is 10.3. The molecule has 0 atom stereocenters. The molecule has 1 heterocycles. The van der Waals surface area contributed by atoms with Crippen molar-refractivity contribution in [1.82, 2.24) is 0 Å². The number of carbonyl (C=O) groups is 1. The summed E-state index contributed by atoms with van der Waals surface area (Å²) in [6.45, 7) is 1.26. The zero-order chi connectivity index (χ0) is 11.7. The lowest BCUT2D eigenvalue weighted by Gasteiger charge is -2.39. The van der Waals surface area contributed by atoms with Crippen LogP contribution in [0, 0.1) is 11.7 Å². The molecule has 1 aromatic rings. The minimum Gasteiger partial charge on any atom is -0.469 e. The molecular weight excluding hydrogens is 277 g/mol. The highest BCUT2D eigenvalue weighted by molar-refractivity contribution is 9.10. The Kier molecular flexibility index (Phi) is 3.14. The molecule has 0 aromatic heterocycles. The highest BCUT2D eigenvalue weighted by Gasteiger charge is 2.33. The minimum atomic E-state index is -0.284. The first-order chi connectivity index (χ1) is 7.61. The van der Waals surface area contributed by atoms with Crippen molar-refractivity contribution in [3.8, 4) is 0 Å². The standard InChI is InChI=1S/C11H11BrFNO2/c1-16-11(15)7-5-14(6-7)8-2-3-10(13)9(12)4-8/h2-4,7H,5-6H2,1H3. The third-order valence-electron chi connectivity index (χ3n) is 2.68. The van der Waals surface area contributed by atoms with Gasteiger partial charge in [0.2, 0.25) is 0 Å². The van der Waals surface area contributed by atoms with E-state index in [0.29, 0.717) is 17.6 Å². The number of carbonyl (C=O) groups excluding carboxylic acids is 1. The number of benzene rings is 1. The summed E-state index contributed by atoms with van der Waals surface area (Å²) in [7, 11) is 1.39. The van der Waals surface area contributed by atoms with Gasteiger partial charge in [-0.05, 0) is 34.1 Å². The number of methoxy groups -OCH3 is 1. The van der Waals surface area contributed by atoms with Crippen LogP contribution < -0.4 is 4.90 Å². The molecular formula is C11H11BrFNO2. The number of ether oxygens (including phenoxy) is 1. The van der Waals surface area contributed by atoms with Crippen LogP contribution in [0.3, 0.4) is 0 Å². The predicted octanol–water partition coefficient (Wildman–Crippen LogP) is 2.20. The second-order valence-electron chi connectivity index (χ2n) is 3.72. The van der Waals surface area contributed by atoms with E-state index in [9.17, 15) is 9.18 Å². The van der Waals surface area contributed by atoms with Gasteiger partial charge in [0.05, 0.1) is 17.5 Å². The maximum Gasteiger partial charge on any atom is 0.312 e. The van der Waals surface area contributed by atoms with E-state index in [-0.39, 0.29) is 17.7 Å². The van der Waals surface area contributed by atoms with Crippen LogP contribution >= 0.6 is 15.9 Å². The fourth-order valence-corrected chi connectivity index (χ4v) is 2.05. The quantitative estimate of drug-likeness (QED) is 0.781. The fourth-order valence-electron chi connectivity index (χ4n) is 1.69. The van der Waals surface area contributed by atoms with Gasteiger partial charge < -0.3 is 9.64 Å². The summed E-state index contributed by atoms with van der Waals surface area (Å²) < 4.78 is 18.1. The lowest BCUT2D eigenvalue weighted by Crippen LogP contribution is -2.50. The highest BCUT2D eigenvalue weighted by atomic mass is 79.9. The van der Waals surface area contributed by atoms with Crippen LogP contribution in [-0.2, 0) is 9.53 Å². The van der Waals surface area contributed by atoms with Crippen molar-refractivity contribution in [2.45, 2.75) is 0 Å². The van der Waals surface area contributed by atoms with Gasteiger partial charge in [0, 0.05) is 18.8 Å². The molecule has 0 saturated carbocycles. The van der Waals surface area contributed by atoms with Gasteiger partial charge in [0.1, 0.15) is 5.82 Å². The van der Waals surface area contributed by atoms with Crippen LogP contribution in [-0.4, -0.2) is 26.2 Å². The number of halogens is 2. The Balaban J connectivity index is 2.01. The van der Waals surface area contributed by atoms with Gasteiger partial charge in [0.25, 0.3) is 0 Å². The molecule has 0 N–H and O–H groups in total. The Morgan fingerprint density at radius 1 is 1.56 bits per heavy atom. The molecule has 0 unspecified atom stereocenters. The molecule has 5 heteroatoms. The molecule has 1 fully saturated rings. The van der Waals surface area contributed by atoms with Gasteiger partial charge in [-0.25, -0.2) is 4.39 Å². The monoisotopic (exact) mass is 287 g/mol. The number of rotatable bonds is 2. The first-order valence-electron chi connectivity index (χ1n) is 4.89. The topological polar surface area (TPSA) is 29.5 Å². The molecule has 16 heavy (non-hydrogen) atoms. The average molecular weight is 288 g/mol. The van der Waals surface area contributed by atoms with Crippen molar-refractivity contribution in [2.75, 3.05) is 25.1 Å². The Morgan fingerprint density at radius 2 is 2.25 bits per heavy atom. The summed E-state index contributed by atoms with van der Waals surface area (Å²) in [4.78, 5) is 13.2. The molecule has 86 valence electrons. The van der Waals surface area contributed by atoms with Crippen LogP contribution in [0.5, 0.6) is 0 Å². The Bertz CT molecular complexity index is 418. The van der Waals surface area contributed by atoms with Crippen molar-refractivity contribution in [3.05, 3.63) is 28.5 Å². The number of nitrogens with zero attached hydrogens (tertiary/aromatic N) is 1. The largest absolute Gasteiger partial charge is 0.469 e. The molecule has 0 bridgehead atoms. The molecule has 0 amide bonds. The Hall–Kier alpha value is -1.10. The van der Waals surface area contributed by atoms with E-state index in [0.717, 1.165) is 5.69 Å². The first-order valence-corrected chi connectivity index (χ1v) is 5.69. The third-order valence-corrected chi connectivity index (χ3v) is 3.29. The maximum atomic E-state index is 13.0. The van der Waals surface area contributed by atoms with E-state index >= 15 is 0 Å². The maximum absolute atomic E-state index is 13.0. The Morgan fingerprint density at radius 3 is 2.81 bits per heavy atom. The van der Waals surface area contributed by atoms with Crippen molar-refractivity contribution >= 4 is 27.6 Å². The van der Waals surface area contributed by atoms with E-state index < -0.39 is 0 Å². The van der Waals surface area contributed by atoms with Gasteiger partial charge >= 0.3 is 5.97 Å². The van der Waals surface area contributed by atoms with Crippen LogP contribution in [0.1, 0.15) is 0 Å². The van der Waals surface area contributed by atoms with Gasteiger partial charge in [0.15, 0.2) is 0 Å². The first kappa shape index (κ1) is 11.4. The SMILES string of the molecule is COC(=O)C1CN(c2ccc(F)c(Br)c2)C1. The van der Waals surface area contributed by atoms with E-state index in [1.54, 1.807) is 12.1 Å². The molecule has 1 aromatic carbocycles. The smallest absolute Gasteiger partial charge is 0.312 e. The van der Waals surface area contributed by atoms with E-state index in [1.165, 1.54) is 13.2 Å². The number of esters is 1. The normalized spacial score (nSPS) is 15.8. The minimum absolute atomic E-state index is 0.0613. The molecule has 3 nitrogen and oxygen atoms in total. The van der Waals surface area contributed by atoms with Crippen molar-refractivity contribution in [2.24, 2.45) is 5.92 Å². The summed E-state index contributed by atoms with van der Waals surface area (Å²) in [5.74, 6) is -0.528. The van der Waals surface area contributed by atoms with Gasteiger partial charge in [-0.1, -0.05) is 0 Å². The summed E-state index contributed by atoms with van der Waals surface area (Å²) >= 11 is 3.13. The van der Waals surface area contributed by atoms with Crippen molar-refractivity contribution in [1.29, 1.82) is 0 Å². The lowest BCUT2D eigenvalue weighted by atomic mass is 9.99. The van der Waals surface area contributed by atoms with Crippen LogP contribution in [0.4, 0.5) is 10.1 Å². The zero-order valence-electron chi connectivity index (χ0n) is 8.74. The lowest BCUT2D eigenvalue weighted by molar-refractivity contribution is -0.146. The highest BCUT2D eigenvalue weighted by Crippen LogP contribution is 2.28. The van der Waals surface area contributed by atoms with Crippen molar-refractivity contribution in [3.63, 3.8) is 0 Å². The molecule has 1 aliphatic heterocycles. The number of hydrogen-bond acceptors (Lipinski definition) is 3. The second-order valence-corrected chi connectivity index (χ2v) is 4.58. The van der Waals surface area contributed by atoms with Gasteiger partial charge in [-0.3, -0.25) is 4.79 Å². The second kappa shape index (κ2) is 4.41. The van der Waals surface area contributed by atoms with Crippen molar-refractivity contribution < 1.29 is 13.9 Å². The van der Waals surface area contributed by atoms with E-state index in [4.69, 9.17) is 0 Å². The molecule has 1 saturated heterocycles. The van der Waals surface area contributed by atoms with Crippen LogP contribution in [0.25, 0.3) is 0 Å². The number of hydrogen-bond donors (Lipinski definition) is 0. The molecule has 0 radical (unpaired) electrons. The summed E-state index contributed by atoms with van der Waals surface area (Å²) in [6, 6.07) is 4.82. The molecule has 1 aliphatic rings. The van der Waals surface area contributed by atoms with Crippen LogP contribution in [0.15, 0.2) is 22.7 Å². The molecule has 0 spiro atoms. The fraction of sp³-hybridized carbons (Fsp3) is 0.364. The number of anilines is 1. The third kappa shape index (κ3) is 2.04. The molecule has 0 aliphatic carbocycles. The predicted molar refractivity (Wildman–Crippen MR) is 61.8 cm³/mol. The Labute approximate surface area is 101 Å². The summed E-state index contributed by atoms with van der Waals surface area (Å²) in [5.41, 5.74) is 0.911. The van der Waals surface area contributed by atoms with Gasteiger partial charge in [-0.15, -0.1) is 0 Å². The summed E-state index contributed by atoms with van der Waals surface area (Å²) in [6.07, 6.45) is 0. The van der Waals surface area contributed by atoms with Crippen LogP contribution in [0.2, 0.25) is 0 Å². The average Bonchev–Trinajstić information content (AvgIpc) is 2.21. The van der Waals surface area contributed by atoms with Gasteiger partial charge in [-0.2, -0.15) is 0 Å². The van der Waals surface area contributed by atoms with E-state index in [1.807, 2.05) is 4.90 Å². The summed E-state index contributed by atoms with van der Waals surface area (Å²) in [5, 5.41) is 0. The molecule has 2 rings (SSSR count). The van der Waals surface area contributed by atoms with E-state index in [2.05, 4.69) is 20.7 Å².